The lowest BCUT2D eigenvalue weighted by atomic mass is 10.1. The highest BCUT2D eigenvalue weighted by Gasteiger charge is 2.42. The fourth-order valence-corrected chi connectivity index (χ4v) is 0.947. The number of epoxide rings is 1. The molecule has 0 saturated carbocycles. The number of rotatable bonds is 4. The molecular weight excluding hydrogens is 132 g/mol. The van der Waals surface area contributed by atoms with Crippen LogP contribution in [0.2, 0.25) is 0 Å². The van der Waals surface area contributed by atoms with E-state index in [1.807, 2.05) is 0 Å². The minimum Gasteiger partial charge on any atom is -0.394 e. The Morgan fingerprint density at radius 2 is 2.40 bits per heavy atom. The van der Waals surface area contributed by atoms with Crippen molar-refractivity contribution in [2.45, 2.75) is 24.7 Å². The first-order valence-corrected chi connectivity index (χ1v) is 3.35. The highest BCUT2D eigenvalue weighted by molar-refractivity contribution is 4.92. The lowest BCUT2D eigenvalue weighted by Gasteiger charge is -2.00. The average molecular weight is 144 g/mol. The SMILES string of the molecule is C=CC[C@@H](O)[C@H]1O[C@H]1CO. The maximum absolute atomic E-state index is 9.18. The molecular formula is C7H12O3. The predicted molar refractivity (Wildman–Crippen MR) is 36.6 cm³/mol. The third-order valence-electron chi connectivity index (χ3n) is 1.59. The maximum Gasteiger partial charge on any atom is 0.113 e. The maximum atomic E-state index is 9.18. The molecule has 0 aromatic rings. The first-order chi connectivity index (χ1) is 4.79. The third kappa shape index (κ3) is 1.56. The Morgan fingerprint density at radius 1 is 1.70 bits per heavy atom. The van der Waals surface area contributed by atoms with E-state index in [1.165, 1.54) is 0 Å². The van der Waals surface area contributed by atoms with Crippen molar-refractivity contribution >= 4 is 0 Å². The normalized spacial score (nSPS) is 33.4. The van der Waals surface area contributed by atoms with Crippen molar-refractivity contribution in [2.24, 2.45) is 0 Å². The van der Waals surface area contributed by atoms with Gasteiger partial charge in [-0.3, -0.25) is 0 Å². The second-order valence-electron chi connectivity index (χ2n) is 2.41. The quantitative estimate of drug-likeness (QED) is 0.420. The number of hydrogen-bond acceptors (Lipinski definition) is 3. The summed E-state index contributed by atoms with van der Waals surface area (Å²) in [5.74, 6) is 0. The molecule has 1 aliphatic rings. The molecule has 10 heavy (non-hydrogen) atoms. The van der Waals surface area contributed by atoms with E-state index >= 15 is 0 Å². The standard InChI is InChI=1S/C7H12O3/c1-2-3-5(9)7-6(4-8)10-7/h2,5-9H,1,3-4H2/t5-,6+,7-/m1/s1. The van der Waals surface area contributed by atoms with Gasteiger partial charge in [-0.2, -0.15) is 0 Å². The summed E-state index contributed by atoms with van der Waals surface area (Å²) in [6.45, 7) is 3.48. The molecule has 3 nitrogen and oxygen atoms in total. The molecule has 3 heteroatoms. The monoisotopic (exact) mass is 144 g/mol. The van der Waals surface area contributed by atoms with Gasteiger partial charge in [0.25, 0.3) is 0 Å². The van der Waals surface area contributed by atoms with Gasteiger partial charge in [-0.25, -0.2) is 0 Å². The fraction of sp³-hybridized carbons (Fsp3) is 0.714. The number of ether oxygens (including phenoxy) is 1. The van der Waals surface area contributed by atoms with Crippen molar-refractivity contribution in [3.8, 4) is 0 Å². The van der Waals surface area contributed by atoms with E-state index < -0.39 is 6.10 Å². The van der Waals surface area contributed by atoms with Crippen LogP contribution in [-0.4, -0.2) is 35.1 Å². The van der Waals surface area contributed by atoms with Gasteiger partial charge in [0.05, 0.1) is 12.7 Å². The molecule has 0 unspecified atom stereocenters. The molecule has 1 heterocycles. The number of hydrogen-bond donors (Lipinski definition) is 2. The van der Waals surface area contributed by atoms with Gasteiger partial charge in [-0.15, -0.1) is 6.58 Å². The number of aliphatic hydroxyl groups excluding tert-OH is 2. The first kappa shape index (κ1) is 7.72. The van der Waals surface area contributed by atoms with Crippen LogP contribution < -0.4 is 0 Å². The molecule has 58 valence electrons. The molecule has 0 amide bonds. The lowest BCUT2D eigenvalue weighted by Crippen LogP contribution is -2.16. The van der Waals surface area contributed by atoms with Crippen LogP contribution in [0.1, 0.15) is 6.42 Å². The molecule has 0 aromatic heterocycles. The van der Waals surface area contributed by atoms with Crippen LogP contribution in [0.5, 0.6) is 0 Å². The van der Waals surface area contributed by atoms with Gasteiger partial charge in [0.15, 0.2) is 0 Å². The summed E-state index contributed by atoms with van der Waals surface area (Å²) in [5.41, 5.74) is 0. The zero-order chi connectivity index (χ0) is 7.56. The topological polar surface area (TPSA) is 53.0 Å². The van der Waals surface area contributed by atoms with E-state index in [-0.39, 0.29) is 18.8 Å². The van der Waals surface area contributed by atoms with Gasteiger partial charge in [0.1, 0.15) is 12.2 Å². The van der Waals surface area contributed by atoms with Crippen LogP contribution in [-0.2, 0) is 4.74 Å². The van der Waals surface area contributed by atoms with Gasteiger partial charge >= 0.3 is 0 Å². The molecule has 1 fully saturated rings. The van der Waals surface area contributed by atoms with Crippen molar-refractivity contribution in [2.75, 3.05) is 6.61 Å². The van der Waals surface area contributed by atoms with Crippen LogP contribution in [0.25, 0.3) is 0 Å². The molecule has 3 atom stereocenters. The third-order valence-corrected chi connectivity index (χ3v) is 1.59. The molecule has 0 aliphatic carbocycles. The molecule has 1 saturated heterocycles. The van der Waals surface area contributed by atoms with E-state index in [1.54, 1.807) is 6.08 Å². The zero-order valence-electron chi connectivity index (χ0n) is 5.73. The van der Waals surface area contributed by atoms with Crippen LogP contribution in [0.15, 0.2) is 12.7 Å². The van der Waals surface area contributed by atoms with Crippen molar-refractivity contribution in [3.05, 3.63) is 12.7 Å². The molecule has 2 N–H and O–H groups in total. The Labute approximate surface area is 59.9 Å². The summed E-state index contributed by atoms with van der Waals surface area (Å²) in [5, 5.41) is 17.7. The minimum absolute atomic E-state index is 0.00112. The summed E-state index contributed by atoms with van der Waals surface area (Å²) in [6.07, 6.45) is 1.37. The van der Waals surface area contributed by atoms with Gasteiger partial charge in [0, 0.05) is 0 Å². The molecule has 0 spiro atoms. The highest BCUT2D eigenvalue weighted by atomic mass is 16.6. The van der Waals surface area contributed by atoms with Crippen LogP contribution >= 0.6 is 0 Å². The van der Waals surface area contributed by atoms with Crippen LogP contribution in [0.3, 0.4) is 0 Å². The van der Waals surface area contributed by atoms with E-state index in [0.29, 0.717) is 6.42 Å². The largest absolute Gasteiger partial charge is 0.394 e. The van der Waals surface area contributed by atoms with Gasteiger partial charge in [-0.05, 0) is 6.42 Å². The summed E-state index contributed by atoms with van der Waals surface area (Å²) in [6, 6.07) is 0. The minimum atomic E-state index is -0.491. The second-order valence-corrected chi connectivity index (χ2v) is 2.41. The average Bonchev–Trinajstić information content (AvgIpc) is 2.66. The number of aliphatic hydroxyl groups is 2. The van der Waals surface area contributed by atoms with Gasteiger partial charge in [0.2, 0.25) is 0 Å². The Bertz CT molecular complexity index is 124. The second kappa shape index (κ2) is 3.14. The van der Waals surface area contributed by atoms with Crippen molar-refractivity contribution in [3.63, 3.8) is 0 Å². The summed E-state index contributed by atoms with van der Waals surface area (Å²) in [7, 11) is 0. The van der Waals surface area contributed by atoms with Crippen molar-refractivity contribution in [1.82, 2.24) is 0 Å². The molecule has 0 radical (unpaired) electrons. The van der Waals surface area contributed by atoms with Gasteiger partial charge < -0.3 is 14.9 Å². The van der Waals surface area contributed by atoms with Crippen molar-refractivity contribution in [1.29, 1.82) is 0 Å². The Morgan fingerprint density at radius 3 is 2.80 bits per heavy atom. The summed E-state index contributed by atoms with van der Waals surface area (Å²) in [4.78, 5) is 0. The fourth-order valence-electron chi connectivity index (χ4n) is 0.947. The molecule has 0 aromatic carbocycles. The van der Waals surface area contributed by atoms with Crippen LogP contribution in [0, 0.1) is 0 Å². The Balaban J connectivity index is 2.18. The molecule has 1 aliphatic heterocycles. The molecule has 0 bridgehead atoms. The summed E-state index contributed by atoms with van der Waals surface area (Å²) < 4.78 is 4.93. The Kier molecular flexibility index (Phi) is 2.43. The molecule has 1 rings (SSSR count). The first-order valence-electron chi connectivity index (χ1n) is 3.35. The highest BCUT2D eigenvalue weighted by Crippen LogP contribution is 2.26. The van der Waals surface area contributed by atoms with Crippen molar-refractivity contribution < 1.29 is 14.9 Å². The predicted octanol–water partition coefficient (Wildman–Crippen LogP) is -0.317. The Hall–Kier alpha value is -0.380. The van der Waals surface area contributed by atoms with E-state index in [2.05, 4.69) is 6.58 Å². The van der Waals surface area contributed by atoms with E-state index in [4.69, 9.17) is 9.84 Å². The zero-order valence-corrected chi connectivity index (χ0v) is 5.73. The van der Waals surface area contributed by atoms with Crippen LogP contribution in [0.4, 0.5) is 0 Å². The van der Waals surface area contributed by atoms with Gasteiger partial charge in [-0.1, -0.05) is 6.08 Å². The smallest absolute Gasteiger partial charge is 0.113 e. The van der Waals surface area contributed by atoms with E-state index in [9.17, 15) is 5.11 Å². The van der Waals surface area contributed by atoms with E-state index in [0.717, 1.165) is 0 Å². The summed E-state index contributed by atoms with van der Waals surface area (Å²) >= 11 is 0. The lowest BCUT2D eigenvalue weighted by molar-refractivity contribution is 0.138.